The maximum Gasteiger partial charge on any atom is 0.234 e. The number of anilines is 2. The Hall–Kier alpha value is -3.52. The lowest BCUT2D eigenvalue weighted by molar-refractivity contribution is -0.113. The number of carbonyl (C=O) groups is 1. The number of nitrogens with zero attached hydrogens (tertiary/aromatic N) is 3. The third kappa shape index (κ3) is 5.35. The van der Waals surface area contributed by atoms with Crippen molar-refractivity contribution in [3.05, 3.63) is 96.1 Å². The summed E-state index contributed by atoms with van der Waals surface area (Å²) in [6.07, 6.45) is 0. The highest BCUT2D eigenvalue weighted by Gasteiger charge is 2.21. The number of rotatable bonds is 5. The van der Waals surface area contributed by atoms with Crippen molar-refractivity contribution in [2.45, 2.75) is 0 Å². The molecule has 4 rings (SSSR count). The summed E-state index contributed by atoms with van der Waals surface area (Å²) in [5.74, 6) is -0.425. The average molecular weight is 436 g/mol. The van der Waals surface area contributed by atoms with Crippen molar-refractivity contribution in [3.8, 4) is 0 Å². The molecule has 3 aromatic rings. The Morgan fingerprint density at radius 2 is 1.74 bits per heavy atom. The van der Waals surface area contributed by atoms with Gasteiger partial charge in [-0.3, -0.25) is 4.79 Å². The maximum absolute atomic E-state index is 13.4. The molecule has 0 saturated heterocycles. The van der Waals surface area contributed by atoms with Gasteiger partial charge in [0.1, 0.15) is 18.3 Å². The Kier molecular flexibility index (Phi) is 6.37. The fraction of sp³-hybridized carbons (Fsp3) is 0.0870. The number of carbonyl (C=O) groups excluding carboxylic acids is 1. The van der Waals surface area contributed by atoms with E-state index in [1.165, 1.54) is 42.1 Å². The fourth-order valence-electron chi connectivity index (χ4n) is 2.94. The summed E-state index contributed by atoms with van der Waals surface area (Å²) in [5, 5.41) is 3.24. The third-order valence-corrected chi connectivity index (χ3v) is 5.38. The molecule has 0 atom stereocenters. The van der Waals surface area contributed by atoms with Gasteiger partial charge in [0.05, 0.1) is 5.75 Å². The van der Waals surface area contributed by atoms with Gasteiger partial charge in [-0.15, -0.1) is 0 Å². The molecule has 0 radical (unpaired) electrons. The predicted octanol–water partition coefficient (Wildman–Crippen LogP) is 4.92. The first kappa shape index (κ1) is 20.7. The van der Waals surface area contributed by atoms with E-state index in [4.69, 9.17) is 0 Å². The van der Waals surface area contributed by atoms with Gasteiger partial charge in [0.25, 0.3) is 0 Å². The molecule has 8 heteroatoms. The van der Waals surface area contributed by atoms with E-state index in [0.717, 1.165) is 5.56 Å². The van der Waals surface area contributed by atoms with Crippen molar-refractivity contribution in [1.82, 2.24) is 0 Å². The van der Waals surface area contributed by atoms with E-state index in [2.05, 4.69) is 15.3 Å². The number of aliphatic imine (C=N–C) groups is 2. The first-order chi connectivity index (χ1) is 15.1. The SMILES string of the molecule is O=C(CSC1=NC(c2ccccc2)=NCN1c1ccc(F)cc1)Nc1cccc(F)c1. The second-order valence-corrected chi connectivity index (χ2v) is 7.58. The normalized spacial score (nSPS) is 13.4. The molecule has 156 valence electrons. The summed E-state index contributed by atoms with van der Waals surface area (Å²) in [4.78, 5) is 23.4. The molecule has 5 nitrogen and oxygen atoms in total. The van der Waals surface area contributed by atoms with Crippen LogP contribution in [0.15, 0.2) is 88.8 Å². The summed E-state index contributed by atoms with van der Waals surface area (Å²) in [6.45, 7) is 0.285. The van der Waals surface area contributed by atoms with Crippen LogP contribution in [-0.2, 0) is 4.79 Å². The van der Waals surface area contributed by atoms with Gasteiger partial charge in [-0.05, 0) is 42.5 Å². The summed E-state index contributed by atoms with van der Waals surface area (Å²) < 4.78 is 26.7. The summed E-state index contributed by atoms with van der Waals surface area (Å²) in [5.41, 5.74) is 1.97. The number of benzene rings is 3. The minimum Gasteiger partial charge on any atom is -0.325 e. The molecule has 0 fully saturated rings. The van der Waals surface area contributed by atoms with Crippen LogP contribution in [0, 0.1) is 11.6 Å². The molecule has 1 aliphatic heterocycles. The van der Waals surface area contributed by atoms with Crippen LogP contribution in [0.25, 0.3) is 0 Å². The maximum atomic E-state index is 13.4. The molecule has 0 aromatic heterocycles. The number of amides is 1. The van der Waals surface area contributed by atoms with Crippen LogP contribution in [0.3, 0.4) is 0 Å². The van der Waals surface area contributed by atoms with Crippen LogP contribution in [0.4, 0.5) is 20.2 Å². The fourth-order valence-corrected chi connectivity index (χ4v) is 3.75. The number of hydrogen-bond acceptors (Lipinski definition) is 5. The Morgan fingerprint density at radius 3 is 2.48 bits per heavy atom. The van der Waals surface area contributed by atoms with E-state index < -0.39 is 5.82 Å². The quantitative estimate of drug-likeness (QED) is 0.618. The zero-order valence-electron chi connectivity index (χ0n) is 16.3. The Balaban J connectivity index is 1.53. The lowest BCUT2D eigenvalue weighted by Crippen LogP contribution is -2.34. The zero-order chi connectivity index (χ0) is 21.6. The molecule has 1 amide bonds. The van der Waals surface area contributed by atoms with Gasteiger partial charge in [-0.25, -0.2) is 18.8 Å². The monoisotopic (exact) mass is 436 g/mol. The summed E-state index contributed by atoms with van der Waals surface area (Å²) in [7, 11) is 0. The highest BCUT2D eigenvalue weighted by molar-refractivity contribution is 8.14. The number of thioether (sulfide) groups is 1. The minimum atomic E-state index is -0.423. The molecule has 0 bridgehead atoms. The lowest BCUT2D eigenvalue weighted by Gasteiger charge is -2.27. The van der Waals surface area contributed by atoms with Crippen molar-refractivity contribution < 1.29 is 13.6 Å². The number of halogens is 2. The molecule has 0 aliphatic carbocycles. The Labute approximate surface area is 182 Å². The van der Waals surface area contributed by atoms with Gasteiger partial charge in [-0.2, -0.15) is 0 Å². The van der Waals surface area contributed by atoms with Gasteiger partial charge in [0.15, 0.2) is 11.0 Å². The molecule has 3 aromatic carbocycles. The topological polar surface area (TPSA) is 57.1 Å². The molecule has 0 spiro atoms. The van der Waals surface area contributed by atoms with E-state index in [1.807, 2.05) is 35.2 Å². The van der Waals surface area contributed by atoms with Crippen LogP contribution < -0.4 is 10.2 Å². The van der Waals surface area contributed by atoms with Crippen molar-refractivity contribution >= 4 is 40.0 Å². The van der Waals surface area contributed by atoms with Crippen LogP contribution >= 0.6 is 11.8 Å². The number of hydrogen-bond donors (Lipinski definition) is 1. The van der Waals surface area contributed by atoms with E-state index in [1.54, 1.807) is 18.2 Å². The molecule has 0 saturated carbocycles. The highest BCUT2D eigenvalue weighted by atomic mass is 32.2. The lowest BCUT2D eigenvalue weighted by atomic mass is 10.2. The van der Waals surface area contributed by atoms with Crippen molar-refractivity contribution in [2.75, 3.05) is 22.6 Å². The standard InChI is InChI=1S/C23H18F2N4OS/c24-17-9-11-20(12-10-17)29-15-26-22(16-5-2-1-3-6-16)28-23(29)31-14-21(30)27-19-8-4-7-18(25)13-19/h1-13H,14-15H2,(H,27,30). The summed E-state index contributed by atoms with van der Waals surface area (Å²) in [6, 6.07) is 21.3. The zero-order valence-corrected chi connectivity index (χ0v) is 17.2. The smallest absolute Gasteiger partial charge is 0.234 e. The minimum absolute atomic E-state index is 0.0646. The molecule has 1 aliphatic rings. The molecule has 1 N–H and O–H groups in total. The Morgan fingerprint density at radius 1 is 0.968 bits per heavy atom. The summed E-state index contributed by atoms with van der Waals surface area (Å²) >= 11 is 1.23. The molecular formula is C23H18F2N4OS. The second kappa shape index (κ2) is 9.53. The van der Waals surface area contributed by atoms with Gasteiger partial charge < -0.3 is 10.2 Å². The molecule has 1 heterocycles. The van der Waals surface area contributed by atoms with Gasteiger partial charge in [0.2, 0.25) is 5.91 Å². The number of amidine groups is 2. The van der Waals surface area contributed by atoms with Gasteiger partial charge in [-0.1, -0.05) is 48.2 Å². The average Bonchev–Trinajstić information content (AvgIpc) is 2.79. The van der Waals surface area contributed by atoms with Crippen molar-refractivity contribution in [2.24, 2.45) is 9.98 Å². The first-order valence-corrected chi connectivity index (χ1v) is 10.5. The van der Waals surface area contributed by atoms with Gasteiger partial charge in [0, 0.05) is 16.9 Å². The third-order valence-electron chi connectivity index (χ3n) is 4.41. The van der Waals surface area contributed by atoms with Crippen LogP contribution in [0.5, 0.6) is 0 Å². The second-order valence-electron chi connectivity index (χ2n) is 6.64. The highest BCUT2D eigenvalue weighted by Crippen LogP contribution is 2.24. The van der Waals surface area contributed by atoms with Gasteiger partial charge >= 0.3 is 0 Å². The molecular weight excluding hydrogens is 418 g/mol. The van der Waals surface area contributed by atoms with Crippen molar-refractivity contribution in [1.29, 1.82) is 0 Å². The van der Waals surface area contributed by atoms with Crippen LogP contribution in [0.2, 0.25) is 0 Å². The van der Waals surface area contributed by atoms with E-state index >= 15 is 0 Å². The van der Waals surface area contributed by atoms with E-state index in [0.29, 0.717) is 22.4 Å². The molecule has 0 unspecified atom stereocenters. The van der Waals surface area contributed by atoms with E-state index in [-0.39, 0.29) is 24.1 Å². The van der Waals surface area contributed by atoms with E-state index in [9.17, 15) is 13.6 Å². The first-order valence-electron chi connectivity index (χ1n) is 9.48. The van der Waals surface area contributed by atoms with Crippen LogP contribution in [0.1, 0.15) is 5.56 Å². The Bertz CT molecular complexity index is 1130. The number of nitrogens with one attached hydrogen (secondary N) is 1. The largest absolute Gasteiger partial charge is 0.325 e. The predicted molar refractivity (Wildman–Crippen MR) is 122 cm³/mol. The van der Waals surface area contributed by atoms with Crippen molar-refractivity contribution in [3.63, 3.8) is 0 Å². The van der Waals surface area contributed by atoms with Crippen LogP contribution in [-0.4, -0.2) is 29.3 Å². The molecule has 31 heavy (non-hydrogen) atoms.